The lowest BCUT2D eigenvalue weighted by atomic mass is 10.5. The van der Waals surface area contributed by atoms with E-state index in [2.05, 4.69) is 11.0 Å². The Kier molecular flexibility index (Phi) is 0.935. The van der Waals surface area contributed by atoms with Crippen LogP contribution in [0.1, 0.15) is 5.69 Å². The summed E-state index contributed by atoms with van der Waals surface area (Å²) in [6, 6.07) is 1.54. The Morgan fingerprint density at radius 2 is 2.62 bits per heavy atom. The maximum Gasteiger partial charge on any atom is 0.138 e. The van der Waals surface area contributed by atoms with Gasteiger partial charge in [0.05, 0.1) is 6.20 Å². The smallest absolute Gasteiger partial charge is 0.138 e. The molecule has 0 radical (unpaired) electrons. The summed E-state index contributed by atoms with van der Waals surface area (Å²) in [6.07, 6.45) is 6.30. The zero-order valence-electron chi connectivity index (χ0n) is 4.07. The third-order valence-corrected chi connectivity index (χ3v) is 0.724. The summed E-state index contributed by atoms with van der Waals surface area (Å²) >= 11 is 0. The fourth-order valence-electron chi connectivity index (χ4n) is 0.391. The number of rotatable bonds is 0. The number of nitrogens with zero attached hydrogens (tertiary/aromatic N) is 2. The minimum atomic E-state index is 0.438. The van der Waals surface area contributed by atoms with Crippen molar-refractivity contribution in [2.45, 2.75) is 0 Å². The van der Waals surface area contributed by atoms with E-state index < -0.39 is 0 Å². The van der Waals surface area contributed by atoms with Gasteiger partial charge in [0.1, 0.15) is 5.69 Å². The highest BCUT2D eigenvalue weighted by Crippen LogP contribution is 1.87. The van der Waals surface area contributed by atoms with Crippen molar-refractivity contribution in [3.05, 3.63) is 18.0 Å². The Labute approximate surface area is 46.5 Å². The lowest BCUT2D eigenvalue weighted by Gasteiger charge is -1.78. The minimum Gasteiger partial charge on any atom is -0.412 e. The molecule has 0 atom stereocenters. The maximum absolute atomic E-state index is 8.49. The SMILES string of the molecule is C#Cc1ccn(O)n1. The van der Waals surface area contributed by atoms with E-state index in [1.54, 1.807) is 6.07 Å². The van der Waals surface area contributed by atoms with Gasteiger partial charge in [-0.1, -0.05) is 0 Å². The fraction of sp³-hybridized carbons (Fsp3) is 0. The Hall–Kier alpha value is -1.43. The Bertz CT molecular complexity index is 221. The van der Waals surface area contributed by atoms with Gasteiger partial charge >= 0.3 is 0 Å². The second kappa shape index (κ2) is 1.58. The van der Waals surface area contributed by atoms with Gasteiger partial charge < -0.3 is 5.21 Å². The second-order valence-electron chi connectivity index (χ2n) is 1.27. The van der Waals surface area contributed by atoms with Crippen molar-refractivity contribution in [3.8, 4) is 12.3 Å². The van der Waals surface area contributed by atoms with E-state index in [0.717, 1.165) is 0 Å². The third-order valence-electron chi connectivity index (χ3n) is 0.724. The molecule has 0 aliphatic rings. The standard InChI is InChI=1S/C5H4N2O/c1-2-5-3-4-7(8)6-5/h1,3-4,8H. The summed E-state index contributed by atoms with van der Waals surface area (Å²) in [5.41, 5.74) is 0.438. The molecule has 1 aromatic heterocycles. The van der Waals surface area contributed by atoms with E-state index in [9.17, 15) is 0 Å². The van der Waals surface area contributed by atoms with Crippen molar-refractivity contribution in [1.29, 1.82) is 0 Å². The van der Waals surface area contributed by atoms with Gasteiger partial charge in [-0.3, -0.25) is 0 Å². The van der Waals surface area contributed by atoms with Crippen LogP contribution >= 0.6 is 0 Å². The van der Waals surface area contributed by atoms with Crippen LogP contribution in [-0.2, 0) is 0 Å². The zero-order valence-corrected chi connectivity index (χ0v) is 4.07. The number of terminal acetylenes is 1. The lowest BCUT2D eigenvalue weighted by molar-refractivity contribution is 0.148. The molecule has 0 aromatic carbocycles. The van der Waals surface area contributed by atoms with E-state index in [-0.39, 0.29) is 0 Å². The molecule has 3 heteroatoms. The monoisotopic (exact) mass is 108 g/mol. The van der Waals surface area contributed by atoms with Gasteiger partial charge in [0, 0.05) is 0 Å². The van der Waals surface area contributed by atoms with Gasteiger partial charge in [0.2, 0.25) is 0 Å². The molecule has 3 nitrogen and oxygen atoms in total. The first-order chi connectivity index (χ1) is 3.83. The minimum absolute atomic E-state index is 0.438. The lowest BCUT2D eigenvalue weighted by Crippen LogP contribution is -1.88. The Balaban J connectivity index is 3.05. The van der Waals surface area contributed by atoms with Gasteiger partial charge in [-0.05, 0) is 12.0 Å². The molecule has 1 heterocycles. The Morgan fingerprint density at radius 3 is 2.88 bits per heavy atom. The van der Waals surface area contributed by atoms with Crippen molar-refractivity contribution < 1.29 is 5.21 Å². The molecule has 0 unspecified atom stereocenters. The van der Waals surface area contributed by atoms with Crippen LogP contribution in [0.4, 0.5) is 0 Å². The first kappa shape index (κ1) is 4.72. The van der Waals surface area contributed by atoms with Gasteiger partial charge in [-0.25, -0.2) is 0 Å². The average molecular weight is 108 g/mol. The first-order valence-corrected chi connectivity index (χ1v) is 2.04. The van der Waals surface area contributed by atoms with E-state index in [1.165, 1.54) is 6.20 Å². The molecule has 8 heavy (non-hydrogen) atoms. The predicted octanol–water partition coefficient (Wildman–Crippen LogP) is 0.102. The van der Waals surface area contributed by atoms with Gasteiger partial charge in [0.15, 0.2) is 0 Å². The summed E-state index contributed by atoms with van der Waals surface area (Å²) in [5, 5.41) is 12.0. The van der Waals surface area contributed by atoms with Crippen molar-refractivity contribution in [1.82, 2.24) is 9.94 Å². The maximum atomic E-state index is 8.49. The third kappa shape index (κ3) is 0.636. The van der Waals surface area contributed by atoms with Gasteiger partial charge in [-0.2, -0.15) is 0 Å². The molecule has 0 saturated heterocycles. The van der Waals surface area contributed by atoms with Crippen molar-refractivity contribution in [3.63, 3.8) is 0 Å². The molecule has 40 valence electrons. The fourth-order valence-corrected chi connectivity index (χ4v) is 0.391. The van der Waals surface area contributed by atoms with Crippen LogP contribution in [-0.4, -0.2) is 15.2 Å². The Morgan fingerprint density at radius 1 is 1.88 bits per heavy atom. The second-order valence-corrected chi connectivity index (χ2v) is 1.27. The van der Waals surface area contributed by atoms with E-state index in [1.807, 2.05) is 0 Å². The summed E-state index contributed by atoms with van der Waals surface area (Å²) < 4.78 is 0. The average Bonchev–Trinajstić information content (AvgIpc) is 2.14. The van der Waals surface area contributed by atoms with E-state index in [4.69, 9.17) is 11.6 Å². The molecule has 0 aliphatic carbocycles. The van der Waals surface area contributed by atoms with Crippen LogP contribution in [0.5, 0.6) is 0 Å². The van der Waals surface area contributed by atoms with Gasteiger partial charge in [-0.15, -0.1) is 16.4 Å². The summed E-state index contributed by atoms with van der Waals surface area (Å²) in [6.45, 7) is 0. The quantitative estimate of drug-likeness (QED) is 0.378. The number of aromatic nitrogens is 2. The van der Waals surface area contributed by atoms with Crippen molar-refractivity contribution >= 4 is 0 Å². The molecule has 0 saturated carbocycles. The van der Waals surface area contributed by atoms with Crippen LogP contribution in [0.3, 0.4) is 0 Å². The normalized spacial score (nSPS) is 8.38. The molecule has 1 N–H and O–H groups in total. The molecule has 1 rings (SSSR count). The molecule has 0 amide bonds. The molecule has 0 bridgehead atoms. The van der Waals surface area contributed by atoms with Crippen molar-refractivity contribution in [2.75, 3.05) is 0 Å². The van der Waals surface area contributed by atoms with E-state index >= 15 is 0 Å². The zero-order chi connectivity index (χ0) is 5.98. The van der Waals surface area contributed by atoms with Crippen LogP contribution < -0.4 is 0 Å². The molecule has 0 spiro atoms. The molecular weight excluding hydrogens is 104 g/mol. The molecular formula is C5H4N2O. The van der Waals surface area contributed by atoms with Crippen LogP contribution in [0.15, 0.2) is 12.3 Å². The largest absolute Gasteiger partial charge is 0.412 e. The summed E-state index contributed by atoms with van der Waals surface area (Å²) in [7, 11) is 0. The number of hydrogen-bond acceptors (Lipinski definition) is 2. The van der Waals surface area contributed by atoms with Gasteiger partial charge in [0.25, 0.3) is 0 Å². The van der Waals surface area contributed by atoms with Crippen LogP contribution in [0.2, 0.25) is 0 Å². The van der Waals surface area contributed by atoms with Crippen LogP contribution in [0, 0.1) is 12.3 Å². The molecule has 0 aliphatic heterocycles. The summed E-state index contributed by atoms with van der Waals surface area (Å²) in [4.78, 5) is 0.676. The molecule has 0 fully saturated rings. The first-order valence-electron chi connectivity index (χ1n) is 2.04. The van der Waals surface area contributed by atoms with E-state index in [0.29, 0.717) is 10.5 Å². The highest BCUT2D eigenvalue weighted by molar-refractivity contribution is 5.21. The highest BCUT2D eigenvalue weighted by atomic mass is 16.5. The summed E-state index contributed by atoms with van der Waals surface area (Å²) in [5.74, 6) is 2.26. The molecule has 1 aromatic rings. The number of hydrogen-bond donors (Lipinski definition) is 1. The topological polar surface area (TPSA) is 38.0 Å². The predicted molar refractivity (Wildman–Crippen MR) is 27.3 cm³/mol. The highest BCUT2D eigenvalue weighted by Gasteiger charge is 1.87. The van der Waals surface area contributed by atoms with Crippen LogP contribution in [0.25, 0.3) is 0 Å². The van der Waals surface area contributed by atoms with Crippen molar-refractivity contribution in [2.24, 2.45) is 0 Å².